The van der Waals surface area contributed by atoms with Gasteiger partial charge in [0, 0.05) is 6.54 Å². The molecule has 0 saturated carbocycles. The smallest absolute Gasteiger partial charge is 0.419 e. The number of hydrogen-bond donors (Lipinski definition) is 1. The molecule has 0 amide bonds. The van der Waals surface area contributed by atoms with E-state index in [4.69, 9.17) is 4.74 Å². The predicted molar refractivity (Wildman–Crippen MR) is 73.8 cm³/mol. The first kappa shape index (κ1) is 16.8. The van der Waals surface area contributed by atoms with Crippen LogP contribution in [0.5, 0.6) is 5.75 Å². The lowest BCUT2D eigenvalue weighted by Gasteiger charge is -2.17. The molecule has 0 aliphatic rings. The Balaban J connectivity index is 2.89. The molecule has 1 unspecified atom stereocenters. The second-order valence-corrected chi connectivity index (χ2v) is 5.06. The summed E-state index contributed by atoms with van der Waals surface area (Å²) in [6.07, 6.45) is -2.45. The molecule has 0 saturated heterocycles. The van der Waals surface area contributed by atoms with Crippen molar-refractivity contribution in [2.75, 3.05) is 13.7 Å². The second kappa shape index (κ2) is 7.53. The van der Waals surface area contributed by atoms with Crippen molar-refractivity contribution < 1.29 is 17.9 Å². The lowest BCUT2D eigenvalue weighted by atomic mass is 10.1. The summed E-state index contributed by atoms with van der Waals surface area (Å²) in [7, 11) is 1.70. The van der Waals surface area contributed by atoms with E-state index in [1.807, 2.05) is 13.8 Å². The maximum Gasteiger partial charge on any atom is 0.419 e. The molecule has 0 aliphatic heterocycles. The zero-order valence-corrected chi connectivity index (χ0v) is 12.2. The number of nitrogens with one attached hydrogen (secondary N) is 1. The molecule has 114 valence electrons. The normalized spacial score (nSPS) is 13.3. The topological polar surface area (TPSA) is 21.3 Å². The van der Waals surface area contributed by atoms with Crippen molar-refractivity contribution in [2.24, 2.45) is 5.92 Å². The van der Waals surface area contributed by atoms with E-state index in [0.29, 0.717) is 18.7 Å². The van der Waals surface area contributed by atoms with Gasteiger partial charge in [-0.25, -0.2) is 0 Å². The summed E-state index contributed by atoms with van der Waals surface area (Å²) in [6, 6.07) is 4.22. The fraction of sp³-hybridized carbons (Fsp3) is 0.600. The molecule has 1 atom stereocenters. The van der Waals surface area contributed by atoms with Crippen LogP contribution in [0.15, 0.2) is 18.2 Å². The predicted octanol–water partition coefficient (Wildman–Crippen LogP) is 4.24. The summed E-state index contributed by atoms with van der Waals surface area (Å²) in [5.41, 5.74) is -0.109. The largest absolute Gasteiger partial charge is 0.493 e. The third-order valence-electron chi connectivity index (χ3n) is 3.04. The molecule has 2 nitrogen and oxygen atoms in total. The Kier molecular flexibility index (Phi) is 6.33. The van der Waals surface area contributed by atoms with Gasteiger partial charge in [-0.3, -0.25) is 0 Å². The van der Waals surface area contributed by atoms with Gasteiger partial charge in [-0.15, -0.1) is 0 Å². The lowest BCUT2D eigenvalue weighted by Crippen LogP contribution is -2.14. The molecule has 0 aromatic heterocycles. The fourth-order valence-electron chi connectivity index (χ4n) is 2.05. The van der Waals surface area contributed by atoms with E-state index in [2.05, 4.69) is 5.32 Å². The average Bonchev–Trinajstić information content (AvgIpc) is 2.37. The summed E-state index contributed by atoms with van der Waals surface area (Å²) in [5, 5.41) is 2.84. The number of rotatable bonds is 7. The molecule has 0 aliphatic carbocycles. The number of alkyl halides is 3. The minimum Gasteiger partial charge on any atom is -0.493 e. The van der Waals surface area contributed by atoms with E-state index < -0.39 is 11.7 Å². The first-order valence-corrected chi connectivity index (χ1v) is 6.86. The molecular formula is C15H22F3NO. The lowest BCUT2D eigenvalue weighted by molar-refractivity contribution is -0.139. The van der Waals surface area contributed by atoms with Gasteiger partial charge in [0.1, 0.15) is 5.75 Å². The molecule has 20 heavy (non-hydrogen) atoms. The van der Waals surface area contributed by atoms with Crippen molar-refractivity contribution in [2.45, 2.75) is 39.4 Å². The van der Waals surface area contributed by atoms with Crippen LogP contribution in [0.25, 0.3) is 0 Å². The number of benzene rings is 1. The molecule has 0 heterocycles. The molecule has 1 N–H and O–H groups in total. The van der Waals surface area contributed by atoms with E-state index in [-0.39, 0.29) is 11.7 Å². The van der Waals surface area contributed by atoms with Crippen molar-refractivity contribution in [1.82, 2.24) is 5.32 Å². The van der Waals surface area contributed by atoms with Crippen LogP contribution in [-0.4, -0.2) is 13.7 Å². The monoisotopic (exact) mass is 289 g/mol. The Labute approximate surface area is 118 Å². The molecular weight excluding hydrogens is 267 g/mol. The molecule has 0 radical (unpaired) electrons. The van der Waals surface area contributed by atoms with E-state index >= 15 is 0 Å². The van der Waals surface area contributed by atoms with Crippen molar-refractivity contribution in [1.29, 1.82) is 0 Å². The van der Waals surface area contributed by atoms with Gasteiger partial charge in [0.15, 0.2) is 0 Å². The highest BCUT2D eigenvalue weighted by Gasteiger charge is 2.34. The average molecular weight is 289 g/mol. The molecule has 0 bridgehead atoms. The van der Waals surface area contributed by atoms with Crippen LogP contribution in [0.2, 0.25) is 0 Å². The summed E-state index contributed by atoms with van der Waals surface area (Å²) in [6.45, 7) is 4.73. The van der Waals surface area contributed by atoms with E-state index in [0.717, 1.165) is 18.9 Å². The minimum absolute atomic E-state index is 0.0830. The first-order chi connectivity index (χ1) is 9.38. The maximum atomic E-state index is 13.0. The standard InChI is InChI=1S/C15H22F3NO/c1-4-5-11(2)10-20-14-7-6-12(9-19-3)8-13(14)15(16,17)18/h6-8,11,19H,4-5,9-10H2,1-3H3. The van der Waals surface area contributed by atoms with Crippen LogP contribution in [0, 0.1) is 5.92 Å². The van der Waals surface area contributed by atoms with Crippen LogP contribution in [-0.2, 0) is 12.7 Å². The van der Waals surface area contributed by atoms with Crippen LogP contribution in [0.4, 0.5) is 13.2 Å². The van der Waals surface area contributed by atoms with E-state index in [9.17, 15) is 13.2 Å². The van der Waals surface area contributed by atoms with Gasteiger partial charge < -0.3 is 10.1 Å². The third kappa shape index (κ3) is 5.04. The van der Waals surface area contributed by atoms with E-state index in [1.165, 1.54) is 6.07 Å². The number of halogens is 3. The van der Waals surface area contributed by atoms with E-state index in [1.54, 1.807) is 13.1 Å². The molecule has 5 heteroatoms. The number of hydrogen-bond acceptors (Lipinski definition) is 2. The van der Waals surface area contributed by atoms with Gasteiger partial charge in [0.2, 0.25) is 0 Å². The van der Waals surface area contributed by atoms with Crippen LogP contribution < -0.4 is 10.1 Å². The molecule has 1 rings (SSSR count). The SMILES string of the molecule is CCCC(C)COc1ccc(CNC)cc1C(F)(F)F. The quantitative estimate of drug-likeness (QED) is 0.810. The van der Waals surface area contributed by atoms with Crippen molar-refractivity contribution >= 4 is 0 Å². The zero-order valence-electron chi connectivity index (χ0n) is 12.2. The molecule has 1 aromatic carbocycles. The zero-order chi connectivity index (χ0) is 15.2. The first-order valence-electron chi connectivity index (χ1n) is 6.86. The maximum absolute atomic E-state index is 13.0. The van der Waals surface area contributed by atoms with Gasteiger partial charge in [0.25, 0.3) is 0 Å². The summed E-state index contributed by atoms with van der Waals surface area (Å²) >= 11 is 0. The Morgan fingerprint density at radius 2 is 2.00 bits per heavy atom. The Morgan fingerprint density at radius 1 is 1.30 bits per heavy atom. The Morgan fingerprint density at radius 3 is 2.55 bits per heavy atom. The Hall–Kier alpha value is -1.23. The van der Waals surface area contributed by atoms with Gasteiger partial charge in [-0.1, -0.05) is 26.3 Å². The van der Waals surface area contributed by atoms with Crippen molar-refractivity contribution in [3.05, 3.63) is 29.3 Å². The highest BCUT2D eigenvalue weighted by Crippen LogP contribution is 2.37. The molecule has 0 fully saturated rings. The van der Waals surface area contributed by atoms with Crippen LogP contribution in [0.3, 0.4) is 0 Å². The van der Waals surface area contributed by atoms with Gasteiger partial charge in [-0.2, -0.15) is 13.2 Å². The van der Waals surface area contributed by atoms with Crippen LogP contribution >= 0.6 is 0 Å². The molecule has 1 aromatic rings. The summed E-state index contributed by atoms with van der Waals surface area (Å²) < 4.78 is 44.5. The molecule has 0 spiro atoms. The fourth-order valence-corrected chi connectivity index (χ4v) is 2.05. The highest BCUT2D eigenvalue weighted by atomic mass is 19.4. The third-order valence-corrected chi connectivity index (χ3v) is 3.04. The van der Waals surface area contributed by atoms with Crippen LogP contribution in [0.1, 0.15) is 37.8 Å². The highest BCUT2D eigenvalue weighted by molar-refractivity contribution is 5.39. The van der Waals surface area contributed by atoms with Gasteiger partial charge >= 0.3 is 6.18 Å². The van der Waals surface area contributed by atoms with Gasteiger partial charge in [0.05, 0.1) is 12.2 Å². The summed E-state index contributed by atoms with van der Waals surface area (Å²) in [4.78, 5) is 0. The van der Waals surface area contributed by atoms with Crippen molar-refractivity contribution in [3.63, 3.8) is 0 Å². The van der Waals surface area contributed by atoms with Crippen molar-refractivity contribution in [3.8, 4) is 5.75 Å². The second-order valence-electron chi connectivity index (χ2n) is 5.06. The number of ether oxygens (including phenoxy) is 1. The van der Waals surface area contributed by atoms with Gasteiger partial charge in [-0.05, 0) is 37.1 Å². The summed E-state index contributed by atoms with van der Waals surface area (Å²) in [5.74, 6) is 0.165. The minimum atomic E-state index is -4.40. The Bertz CT molecular complexity index is 418.